The Balaban J connectivity index is 2.38. The van der Waals surface area contributed by atoms with E-state index in [0.29, 0.717) is 5.39 Å². The van der Waals surface area contributed by atoms with Crippen LogP contribution in [0, 0.1) is 0 Å². The summed E-state index contributed by atoms with van der Waals surface area (Å²) in [7, 11) is 0. The number of hydrogen-bond donors (Lipinski definition) is 2. The third-order valence-electron chi connectivity index (χ3n) is 3.83. The lowest BCUT2D eigenvalue weighted by Crippen LogP contribution is -2.13. The number of H-pyrrole nitrogens is 1. The number of hydrogen-bond acceptors (Lipinski definition) is 3. The maximum atomic E-state index is 12.0. The Hall–Kier alpha value is -3.21. The van der Waals surface area contributed by atoms with Gasteiger partial charge in [-0.15, -0.1) is 0 Å². The molecule has 0 radical (unpaired) electrons. The molecule has 0 fully saturated rings. The highest BCUT2D eigenvalue weighted by Crippen LogP contribution is 2.32. The van der Waals surface area contributed by atoms with Gasteiger partial charge in [-0.2, -0.15) is 0 Å². The van der Waals surface area contributed by atoms with Gasteiger partial charge in [0.1, 0.15) is 5.56 Å². The summed E-state index contributed by atoms with van der Waals surface area (Å²) < 4.78 is 0. The number of pyridine rings is 2. The monoisotopic (exact) mass is 290 g/mol. The fourth-order valence-electron chi connectivity index (χ4n) is 2.87. The van der Waals surface area contributed by atoms with Gasteiger partial charge < -0.3 is 10.1 Å². The van der Waals surface area contributed by atoms with Gasteiger partial charge in [-0.25, -0.2) is 4.79 Å². The van der Waals surface area contributed by atoms with Crippen molar-refractivity contribution in [2.75, 3.05) is 0 Å². The zero-order chi connectivity index (χ0) is 15.3. The van der Waals surface area contributed by atoms with Crippen LogP contribution >= 0.6 is 0 Å². The summed E-state index contributed by atoms with van der Waals surface area (Å²) >= 11 is 0. The predicted octanol–water partition coefficient (Wildman–Crippen LogP) is 2.93. The van der Waals surface area contributed by atoms with Gasteiger partial charge in [-0.1, -0.05) is 12.1 Å². The predicted molar refractivity (Wildman–Crippen MR) is 84.3 cm³/mol. The van der Waals surface area contributed by atoms with E-state index >= 15 is 0 Å². The van der Waals surface area contributed by atoms with Crippen LogP contribution < -0.4 is 5.43 Å². The molecule has 2 N–H and O–H groups in total. The summed E-state index contributed by atoms with van der Waals surface area (Å²) in [6.45, 7) is 0. The number of nitrogens with one attached hydrogen (secondary N) is 1. The van der Waals surface area contributed by atoms with Crippen LogP contribution in [0.3, 0.4) is 0 Å². The fraction of sp³-hybridized carbons (Fsp3) is 0. The standard InChI is InChI=1S/C17H10N2O3/c20-14-8-12-10-4-2-6-19-16(10)15-9(3-1-5-18-15)11(12)7-13(14)17(21)22/h1-8,19H,(H,21,22). The molecule has 4 aromatic rings. The van der Waals surface area contributed by atoms with E-state index in [9.17, 15) is 14.7 Å². The molecular weight excluding hydrogens is 280 g/mol. The minimum atomic E-state index is -1.22. The maximum Gasteiger partial charge on any atom is 0.339 e. The Morgan fingerprint density at radius 1 is 1.05 bits per heavy atom. The normalized spacial score (nSPS) is 11.3. The van der Waals surface area contributed by atoms with Gasteiger partial charge in [0, 0.05) is 23.2 Å². The van der Waals surface area contributed by atoms with Gasteiger partial charge in [-0.3, -0.25) is 9.78 Å². The quantitative estimate of drug-likeness (QED) is 0.528. The third kappa shape index (κ3) is 1.62. The zero-order valence-electron chi connectivity index (χ0n) is 11.3. The highest BCUT2D eigenvalue weighted by Gasteiger charge is 2.14. The van der Waals surface area contributed by atoms with E-state index in [-0.39, 0.29) is 5.56 Å². The Kier molecular flexibility index (Phi) is 2.50. The summed E-state index contributed by atoms with van der Waals surface area (Å²) in [5.74, 6) is -1.22. The Bertz CT molecular complexity index is 1130. The Morgan fingerprint density at radius 3 is 2.64 bits per heavy atom. The van der Waals surface area contributed by atoms with Crippen molar-refractivity contribution in [3.63, 3.8) is 0 Å². The summed E-state index contributed by atoms with van der Waals surface area (Å²) in [4.78, 5) is 30.9. The first-order valence-corrected chi connectivity index (χ1v) is 6.72. The van der Waals surface area contributed by atoms with Gasteiger partial charge >= 0.3 is 5.97 Å². The lowest BCUT2D eigenvalue weighted by molar-refractivity contribution is 0.0695. The fourth-order valence-corrected chi connectivity index (χ4v) is 2.87. The molecule has 4 rings (SSSR count). The minimum Gasteiger partial charge on any atom is -0.478 e. The lowest BCUT2D eigenvalue weighted by atomic mass is 9.98. The van der Waals surface area contributed by atoms with E-state index in [1.165, 1.54) is 12.1 Å². The summed E-state index contributed by atoms with van der Waals surface area (Å²) in [6.07, 6.45) is 3.49. The number of carboxylic acid groups (broad SMARTS) is 1. The molecule has 2 aromatic heterocycles. The Labute approximate surface area is 123 Å². The van der Waals surface area contributed by atoms with Crippen LogP contribution in [0.25, 0.3) is 32.6 Å². The molecule has 0 spiro atoms. The first kappa shape index (κ1) is 12.5. The van der Waals surface area contributed by atoms with E-state index in [4.69, 9.17) is 0 Å². The molecule has 0 saturated carbocycles. The lowest BCUT2D eigenvalue weighted by Gasteiger charge is -2.09. The molecule has 0 bridgehead atoms. The molecule has 22 heavy (non-hydrogen) atoms. The van der Waals surface area contributed by atoms with E-state index in [1.54, 1.807) is 18.5 Å². The first-order chi connectivity index (χ1) is 10.7. The summed E-state index contributed by atoms with van der Waals surface area (Å²) in [5, 5.41) is 12.3. The van der Waals surface area contributed by atoms with Crippen molar-refractivity contribution in [3.05, 3.63) is 64.6 Å². The number of carboxylic acids is 1. The van der Waals surface area contributed by atoms with E-state index < -0.39 is 11.4 Å². The molecule has 0 aliphatic carbocycles. The number of fused-ring (bicyclic) bond motifs is 6. The Morgan fingerprint density at radius 2 is 1.82 bits per heavy atom. The van der Waals surface area contributed by atoms with Gasteiger partial charge in [0.25, 0.3) is 0 Å². The number of nitrogens with zero attached hydrogens (tertiary/aromatic N) is 1. The van der Waals surface area contributed by atoms with Gasteiger partial charge in [0.2, 0.25) is 0 Å². The average molecular weight is 290 g/mol. The van der Waals surface area contributed by atoms with Crippen molar-refractivity contribution in [1.82, 2.24) is 9.97 Å². The van der Waals surface area contributed by atoms with E-state index in [0.717, 1.165) is 27.2 Å². The SMILES string of the molecule is O=C(O)c1cc2c(cc1=O)c1ccc[nH]c1c1ncccc21. The second-order valence-corrected chi connectivity index (χ2v) is 5.06. The zero-order valence-corrected chi connectivity index (χ0v) is 11.3. The maximum absolute atomic E-state index is 12.0. The second kappa shape index (κ2) is 4.39. The van der Waals surface area contributed by atoms with Crippen molar-refractivity contribution >= 4 is 38.5 Å². The number of rotatable bonds is 1. The summed E-state index contributed by atoms with van der Waals surface area (Å²) in [6, 6.07) is 10.2. The van der Waals surface area contributed by atoms with E-state index in [2.05, 4.69) is 9.97 Å². The number of benzene rings is 2. The summed E-state index contributed by atoms with van der Waals surface area (Å²) in [5.41, 5.74) is 0.860. The van der Waals surface area contributed by atoms with Crippen molar-refractivity contribution < 1.29 is 9.90 Å². The van der Waals surface area contributed by atoms with Gasteiger partial charge in [-0.05, 0) is 35.0 Å². The van der Waals surface area contributed by atoms with Crippen molar-refractivity contribution in [2.45, 2.75) is 0 Å². The molecule has 2 aromatic carbocycles. The molecular formula is C17H10N2O3. The molecule has 5 nitrogen and oxygen atoms in total. The molecule has 2 heterocycles. The largest absolute Gasteiger partial charge is 0.478 e. The van der Waals surface area contributed by atoms with E-state index in [1.807, 2.05) is 18.2 Å². The van der Waals surface area contributed by atoms with Crippen LogP contribution in [0.1, 0.15) is 10.4 Å². The number of aromatic nitrogens is 2. The molecule has 0 atom stereocenters. The van der Waals surface area contributed by atoms with Crippen LogP contribution in [-0.2, 0) is 0 Å². The molecule has 0 aliphatic rings. The van der Waals surface area contributed by atoms with Crippen molar-refractivity contribution in [3.8, 4) is 0 Å². The van der Waals surface area contributed by atoms with Crippen LogP contribution in [0.15, 0.2) is 53.6 Å². The molecule has 0 aliphatic heterocycles. The number of aromatic amines is 1. The topological polar surface area (TPSA) is 83.0 Å². The molecule has 0 unspecified atom stereocenters. The first-order valence-electron chi connectivity index (χ1n) is 6.72. The van der Waals surface area contributed by atoms with Crippen LogP contribution in [0.5, 0.6) is 0 Å². The van der Waals surface area contributed by atoms with Gasteiger partial charge in [0.05, 0.1) is 11.0 Å². The van der Waals surface area contributed by atoms with Crippen LogP contribution in [0.4, 0.5) is 0 Å². The molecule has 5 heteroatoms. The number of carbonyl (C=O) groups is 1. The van der Waals surface area contributed by atoms with Crippen molar-refractivity contribution in [1.29, 1.82) is 0 Å². The highest BCUT2D eigenvalue weighted by atomic mass is 16.4. The minimum absolute atomic E-state index is 0.225. The highest BCUT2D eigenvalue weighted by molar-refractivity contribution is 6.23. The average Bonchev–Trinajstić information content (AvgIpc) is 2.54. The smallest absolute Gasteiger partial charge is 0.339 e. The second-order valence-electron chi connectivity index (χ2n) is 5.06. The molecule has 106 valence electrons. The van der Waals surface area contributed by atoms with Gasteiger partial charge in [0.15, 0.2) is 5.43 Å². The van der Waals surface area contributed by atoms with Crippen LogP contribution in [-0.4, -0.2) is 21.0 Å². The van der Waals surface area contributed by atoms with Crippen LogP contribution in [0.2, 0.25) is 0 Å². The molecule has 0 amide bonds. The number of aromatic carboxylic acids is 1. The molecule has 0 saturated heterocycles. The van der Waals surface area contributed by atoms with Crippen molar-refractivity contribution in [2.24, 2.45) is 0 Å². The third-order valence-corrected chi connectivity index (χ3v) is 3.83.